The predicted molar refractivity (Wildman–Crippen MR) is 99.1 cm³/mol. The van der Waals surface area contributed by atoms with Crippen LogP contribution in [0.15, 0.2) is 30.5 Å². The summed E-state index contributed by atoms with van der Waals surface area (Å²) in [5.74, 6) is -0.153. The Morgan fingerprint density at radius 1 is 1.35 bits per heavy atom. The summed E-state index contributed by atoms with van der Waals surface area (Å²) < 4.78 is 1.96. The molecule has 0 radical (unpaired) electrons. The minimum Gasteiger partial charge on any atom is -0.354 e. The predicted octanol–water partition coefficient (Wildman–Crippen LogP) is 2.03. The van der Waals surface area contributed by atoms with E-state index >= 15 is 0 Å². The number of hydrogen-bond donors (Lipinski definition) is 2. The number of nitrogens with one attached hydrogen (secondary N) is 2. The highest BCUT2D eigenvalue weighted by molar-refractivity contribution is 7.14. The molecular formula is C18H19N5O2S. The van der Waals surface area contributed by atoms with Crippen molar-refractivity contribution in [1.29, 1.82) is 0 Å². The fourth-order valence-corrected chi connectivity index (χ4v) is 4.31. The van der Waals surface area contributed by atoms with Gasteiger partial charge in [0.15, 0.2) is 0 Å². The molecule has 3 aromatic heterocycles. The minimum absolute atomic E-state index is 0.0729. The lowest BCUT2D eigenvalue weighted by Crippen LogP contribution is -2.35. The number of fused-ring (bicyclic) bond motifs is 1. The van der Waals surface area contributed by atoms with Crippen molar-refractivity contribution < 1.29 is 9.59 Å². The van der Waals surface area contributed by atoms with E-state index in [-0.39, 0.29) is 11.8 Å². The average molecular weight is 369 g/mol. The highest BCUT2D eigenvalue weighted by Gasteiger charge is 2.26. The molecule has 3 aromatic rings. The highest BCUT2D eigenvalue weighted by Crippen LogP contribution is 2.29. The molecule has 134 valence electrons. The summed E-state index contributed by atoms with van der Waals surface area (Å²) in [6, 6.07) is 7.58. The first-order valence-electron chi connectivity index (χ1n) is 8.37. The molecule has 2 amide bonds. The van der Waals surface area contributed by atoms with Gasteiger partial charge in [0.1, 0.15) is 11.4 Å². The standard InChI is InChI=1S/C18H19N5O2S/c1-19-17(24)16-8-11-10-23(7-5-15(11)26-16)18(25)13-9-12(20-21-13)14-4-3-6-22(14)2/h3-4,6,8-9H,5,7,10H2,1-2H3,(H,19,24)(H,20,21). The maximum absolute atomic E-state index is 12.8. The number of H-pyrrole nitrogens is 1. The molecule has 1 aliphatic rings. The summed E-state index contributed by atoms with van der Waals surface area (Å²) in [5, 5.41) is 9.78. The first-order chi connectivity index (χ1) is 12.6. The van der Waals surface area contributed by atoms with Crippen LogP contribution in [0.5, 0.6) is 0 Å². The number of rotatable bonds is 3. The van der Waals surface area contributed by atoms with E-state index in [0.717, 1.165) is 23.4 Å². The van der Waals surface area contributed by atoms with Crippen LogP contribution in [0, 0.1) is 0 Å². The molecule has 4 heterocycles. The first kappa shape index (κ1) is 16.6. The van der Waals surface area contributed by atoms with Gasteiger partial charge in [-0.15, -0.1) is 11.3 Å². The lowest BCUT2D eigenvalue weighted by Gasteiger charge is -2.26. The van der Waals surface area contributed by atoms with Gasteiger partial charge < -0.3 is 14.8 Å². The van der Waals surface area contributed by atoms with E-state index in [4.69, 9.17) is 0 Å². The smallest absolute Gasteiger partial charge is 0.272 e. The van der Waals surface area contributed by atoms with Crippen LogP contribution in [0.2, 0.25) is 0 Å². The molecule has 0 bridgehead atoms. The summed E-state index contributed by atoms with van der Waals surface area (Å²) in [6.45, 7) is 1.15. The number of carbonyl (C=O) groups excluding carboxylic acids is 2. The Kier molecular flexibility index (Phi) is 4.12. The number of hydrogen-bond acceptors (Lipinski definition) is 4. The molecule has 4 rings (SSSR count). The Balaban J connectivity index is 1.53. The monoisotopic (exact) mass is 369 g/mol. The molecule has 0 atom stereocenters. The zero-order valence-corrected chi connectivity index (χ0v) is 15.4. The minimum atomic E-state index is -0.0805. The molecule has 0 unspecified atom stereocenters. The van der Waals surface area contributed by atoms with Crippen molar-refractivity contribution in [2.45, 2.75) is 13.0 Å². The Morgan fingerprint density at radius 3 is 2.92 bits per heavy atom. The maximum atomic E-state index is 12.8. The zero-order chi connectivity index (χ0) is 18.3. The molecule has 7 nitrogen and oxygen atoms in total. The molecule has 0 saturated heterocycles. The molecule has 26 heavy (non-hydrogen) atoms. The number of nitrogens with zero attached hydrogens (tertiary/aromatic N) is 3. The maximum Gasteiger partial charge on any atom is 0.272 e. The number of aryl methyl sites for hydroxylation is 1. The van der Waals surface area contributed by atoms with Gasteiger partial charge in [0.2, 0.25) is 0 Å². The van der Waals surface area contributed by atoms with E-state index < -0.39 is 0 Å². The average Bonchev–Trinajstić information content (AvgIpc) is 3.38. The van der Waals surface area contributed by atoms with Crippen molar-refractivity contribution in [3.63, 3.8) is 0 Å². The van der Waals surface area contributed by atoms with Gasteiger partial charge in [-0.25, -0.2) is 0 Å². The van der Waals surface area contributed by atoms with Gasteiger partial charge in [-0.2, -0.15) is 5.10 Å². The third-order valence-electron chi connectivity index (χ3n) is 4.62. The third kappa shape index (κ3) is 2.82. The summed E-state index contributed by atoms with van der Waals surface area (Å²) in [7, 11) is 3.57. The van der Waals surface area contributed by atoms with Crippen molar-refractivity contribution in [3.8, 4) is 11.4 Å². The number of aromatic nitrogens is 3. The van der Waals surface area contributed by atoms with Gasteiger partial charge in [0.25, 0.3) is 11.8 Å². The van der Waals surface area contributed by atoms with E-state index in [1.54, 1.807) is 18.0 Å². The SMILES string of the molecule is CNC(=O)c1cc2c(s1)CCN(C(=O)c1cc(-c3cccn3C)n[nH]1)C2. The molecule has 0 aromatic carbocycles. The Hall–Kier alpha value is -2.87. The molecule has 0 saturated carbocycles. The second-order valence-electron chi connectivity index (χ2n) is 6.29. The van der Waals surface area contributed by atoms with E-state index in [1.165, 1.54) is 16.2 Å². The zero-order valence-electron chi connectivity index (χ0n) is 14.6. The van der Waals surface area contributed by atoms with Crippen LogP contribution < -0.4 is 5.32 Å². The first-order valence-corrected chi connectivity index (χ1v) is 9.18. The normalized spacial score (nSPS) is 13.5. The number of amides is 2. The van der Waals surface area contributed by atoms with Crippen LogP contribution in [-0.2, 0) is 20.0 Å². The quantitative estimate of drug-likeness (QED) is 0.741. The van der Waals surface area contributed by atoms with E-state index in [9.17, 15) is 9.59 Å². The third-order valence-corrected chi connectivity index (χ3v) is 5.86. The molecule has 8 heteroatoms. The van der Waals surface area contributed by atoms with Crippen LogP contribution >= 0.6 is 11.3 Å². The molecule has 0 spiro atoms. The number of thiophene rings is 1. The largest absolute Gasteiger partial charge is 0.354 e. The van der Waals surface area contributed by atoms with Gasteiger partial charge in [-0.05, 0) is 36.2 Å². The van der Waals surface area contributed by atoms with Crippen molar-refractivity contribution >= 4 is 23.2 Å². The summed E-state index contributed by atoms with van der Waals surface area (Å²) >= 11 is 1.51. The van der Waals surface area contributed by atoms with Crippen LogP contribution in [0.4, 0.5) is 0 Å². The fraction of sp³-hybridized carbons (Fsp3) is 0.278. The van der Waals surface area contributed by atoms with Crippen molar-refractivity contribution in [2.75, 3.05) is 13.6 Å². The molecule has 0 fully saturated rings. The summed E-state index contributed by atoms with van der Waals surface area (Å²) in [4.78, 5) is 28.3. The second-order valence-corrected chi connectivity index (χ2v) is 7.42. The Bertz CT molecular complexity index is 984. The van der Waals surface area contributed by atoms with E-state index in [0.29, 0.717) is 23.7 Å². The molecule has 2 N–H and O–H groups in total. The second kappa shape index (κ2) is 6.45. The van der Waals surface area contributed by atoms with Crippen LogP contribution in [0.25, 0.3) is 11.4 Å². The molecular weight excluding hydrogens is 350 g/mol. The lowest BCUT2D eigenvalue weighted by molar-refractivity contribution is 0.0730. The Morgan fingerprint density at radius 2 is 2.19 bits per heavy atom. The highest BCUT2D eigenvalue weighted by atomic mass is 32.1. The number of carbonyl (C=O) groups is 2. The van der Waals surface area contributed by atoms with Crippen molar-refractivity contribution in [1.82, 2.24) is 25.0 Å². The van der Waals surface area contributed by atoms with Gasteiger partial charge in [0.05, 0.1) is 10.6 Å². The van der Waals surface area contributed by atoms with Crippen LogP contribution in [0.3, 0.4) is 0 Å². The van der Waals surface area contributed by atoms with Gasteiger partial charge in [-0.3, -0.25) is 14.7 Å². The summed E-state index contributed by atoms with van der Waals surface area (Å²) in [5.41, 5.74) is 3.23. The summed E-state index contributed by atoms with van der Waals surface area (Å²) in [6.07, 6.45) is 2.71. The van der Waals surface area contributed by atoms with Crippen molar-refractivity contribution in [2.24, 2.45) is 7.05 Å². The van der Waals surface area contributed by atoms with Gasteiger partial charge in [-0.1, -0.05) is 0 Å². The Labute approximate surface area is 154 Å². The van der Waals surface area contributed by atoms with E-state index in [2.05, 4.69) is 15.5 Å². The van der Waals surface area contributed by atoms with Crippen molar-refractivity contribution in [3.05, 3.63) is 51.5 Å². The fourth-order valence-electron chi connectivity index (χ4n) is 3.20. The van der Waals surface area contributed by atoms with Gasteiger partial charge in [0, 0.05) is 38.3 Å². The van der Waals surface area contributed by atoms with Crippen LogP contribution in [0.1, 0.15) is 30.6 Å². The van der Waals surface area contributed by atoms with Crippen LogP contribution in [-0.4, -0.2) is 45.1 Å². The molecule has 1 aliphatic heterocycles. The lowest BCUT2D eigenvalue weighted by atomic mass is 10.1. The molecule has 0 aliphatic carbocycles. The van der Waals surface area contributed by atoms with E-state index in [1.807, 2.05) is 36.0 Å². The van der Waals surface area contributed by atoms with Gasteiger partial charge >= 0.3 is 0 Å². The number of aromatic amines is 1. The topological polar surface area (TPSA) is 83.0 Å².